The van der Waals surface area contributed by atoms with Gasteiger partial charge in [0.15, 0.2) is 0 Å². The van der Waals surface area contributed by atoms with Crippen molar-refractivity contribution in [2.75, 3.05) is 20.2 Å². The van der Waals surface area contributed by atoms with Crippen LogP contribution in [0.4, 0.5) is 0 Å². The summed E-state index contributed by atoms with van der Waals surface area (Å²) in [5, 5.41) is 13.5. The summed E-state index contributed by atoms with van der Waals surface area (Å²) in [5.74, 6) is 8.51. The number of aromatic nitrogens is 2. The van der Waals surface area contributed by atoms with Gasteiger partial charge in [-0.15, -0.1) is 0 Å². The number of hydrogen-bond acceptors (Lipinski definition) is 5. The number of fused-ring (bicyclic) bond motifs is 5. The maximum Gasteiger partial charge on any atom is 0.119 e. The fourth-order valence-corrected chi connectivity index (χ4v) is 5.61. The molecule has 170 valence electrons. The van der Waals surface area contributed by atoms with E-state index in [0.29, 0.717) is 11.8 Å². The van der Waals surface area contributed by atoms with Crippen molar-refractivity contribution in [1.29, 1.82) is 0 Å². The van der Waals surface area contributed by atoms with E-state index >= 15 is 0 Å². The first-order chi connectivity index (χ1) is 16.7. The third-order valence-electron chi connectivity index (χ3n) is 7.46. The van der Waals surface area contributed by atoms with E-state index in [2.05, 4.69) is 38.8 Å². The highest BCUT2D eigenvalue weighted by Gasteiger charge is 2.42. The number of ether oxygens (including phenoxy) is 1. The minimum atomic E-state index is -0.570. The molecule has 0 radical (unpaired) electrons. The molecular weight excluding hydrogens is 422 g/mol. The number of rotatable bonds is 3. The van der Waals surface area contributed by atoms with Gasteiger partial charge in [0.1, 0.15) is 5.75 Å². The molecule has 4 aromatic rings. The van der Waals surface area contributed by atoms with Gasteiger partial charge in [0.05, 0.1) is 24.2 Å². The van der Waals surface area contributed by atoms with Crippen LogP contribution in [0.2, 0.25) is 0 Å². The summed E-state index contributed by atoms with van der Waals surface area (Å²) in [6, 6.07) is 18.1. The molecule has 0 amide bonds. The van der Waals surface area contributed by atoms with Crippen LogP contribution in [0.15, 0.2) is 67.0 Å². The second-order valence-corrected chi connectivity index (χ2v) is 9.37. The molecule has 2 bridgehead atoms. The van der Waals surface area contributed by atoms with Gasteiger partial charge < -0.3 is 9.84 Å². The zero-order valence-corrected chi connectivity index (χ0v) is 19.2. The number of hydrogen-bond donors (Lipinski definition) is 1. The van der Waals surface area contributed by atoms with Gasteiger partial charge in [-0.05, 0) is 67.3 Å². The molecule has 3 fully saturated rings. The van der Waals surface area contributed by atoms with Crippen molar-refractivity contribution in [3.63, 3.8) is 0 Å². The molecule has 5 atom stereocenters. The largest absolute Gasteiger partial charge is 0.497 e. The number of pyridine rings is 2. The van der Waals surface area contributed by atoms with Crippen LogP contribution in [-0.4, -0.2) is 46.2 Å². The minimum absolute atomic E-state index is 0.0935. The van der Waals surface area contributed by atoms with E-state index in [9.17, 15) is 5.11 Å². The van der Waals surface area contributed by atoms with Crippen LogP contribution in [-0.2, 0) is 0 Å². The van der Waals surface area contributed by atoms with Crippen molar-refractivity contribution in [2.45, 2.75) is 25.0 Å². The lowest BCUT2D eigenvalue weighted by molar-refractivity contribution is -0.0425. The molecule has 3 aliphatic heterocycles. The maximum atomic E-state index is 11.5. The molecule has 1 N–H and O–H groups in total. The Morgan fingerprint density at radius 2 is 2.00 bits per heavy atom. The van der Waals surface area contributed by atoms with Gasteiger partial charge in [0.2, 0.25) is 0 Å². The summed E-state index contributed by atoms with van der Waals surface area (Å²) in [6.45, 7) is 1.90. The van der Waals surface area contributed by atoms with Gasteiger partial charge in [-0.25, -0.2) is 0 Å². The third kappa shape index (κ3) is 3.79. The molecule has 3 aliphatic rings. The Balaban J connectivity index is 1.23. The van der Waals surface area contributed by atoms with E-state index in [0.717, 1.165) is 64.6 Å². The second kappa shape index (κ2) is 8.72. The molecule has 5 nitrogen and oxygen atoms in total. The lowest BCUT2D eigenvalue weighted by atomic mass is 9.73. The predicted molar refractivity (Wildman–Crippen MR) is 133 cm³/mol. The van der Waals surface area contributed by atoms with E-state index in [-0.39, 0.29) is 6.04 Å². The van der Waals surface area contributed by atoms with Crippen LogP contribution in [0, 0.1) is 23.7 Å². The van der Waals surface area contributed by atoms with Crippen LogP contribution in [0.25, 0.3) is 21.8 Å². The number of piperidine rings is 3. The van der Waals surface area contributed by atoms with Gasteiger partial charge in [-0.1, -0.05) is 30.0 Å². The fourth-order valence-electron chi connectivity index (χ4n) is 5.61. The van der Waals surface area contributed by atoms with Gasteiger partial charge in [0, 0.05) is 47.2 Å². The molecule has 0 saturated carbocycles. The molecular formula is C29H27N3O2. The number of methoxy groups -OCH3 is 1. The first-order valence-corrected chi connectivity index (χ1v) is 11.9. The van der Waals surface area contributed by atoms with E-state index in [1.807, 2.05) is 48.7 Å². The van der Waals surface area contributed by atoms with Gasteiger partial charge in [0.25, 0.3) is 0 Å². The average molecular weight is 450 g/mol. The molecule has 2 aromatic heterocycles. The smallest absolute Gasteiger partial charge is 0.119 e. The van der Waals surface area contributed by atoms with E-state index in [1.165, 1.54) is 0 Å². The minimum Gasteiger partial charge on any atom is -0.497 e. The Labute approximate surface area is 199 Å². The monoisotopic (exact) mass is 449 g/mol. The number of para-hydroxylation sites is 1. The summed E-state index contributed by atoms with van der Waals surface area (Å²) in [4.78, 5) is 11.4. The molecule has 34 heavy (non-hydrogen) atoms. The molecule has 3 saturated heterocycles. The first kappa shape index (κ1) is 21.1. The fraction of sp³-hybridized carbons (Fsp3) is 0.310. The highest BCUT2D eigenvalue weighted by atomic mass is 16.5. The first-order valence-electron chi connectivity index (χ1n) is 11.9. The second-order valence-electron chi connectivity index (χ2n) is 9.37. The number of aliphatic hydroxyl groups is 1. The standard InChI is InChI=1S/C29H27N3O2/c1-34-23-8-9-27-25(16-23)24(10-12-30-27)29(33)28-15-20-11-13-32(28)18-22(20)7-6-19-14-21-4-2-3-5-26(21)31-17-19/h2-5,8-10,12,14,16-17,20,22,28-29,33H,11,13,15,18H2,1H3/t20-,22-,28+,29-/m0/s1. The van der Waals surface area contributed by atoms with Crippen LogP contribution < -0.4 is 4.74 Å². The van der Waals surface area contributed by atoms with Gasteiger partial charge in [-0.2, -0.15) is 0 Å². The number of nitrogens with zero attached hydrogens (tertiary/aromatic N) is 3. The number of benzene rings is 2. The van der Waals surface area contributed by atoms with Crippen molar-refractivity contribution in [3.05, 3.63) is 78.1 Å². The topological polar surface area (TPSA) is 58.5 Å². The molecule has 0 spiro atoms. The van der Waals surface area contributed by atoms with E-state index < -0.39 is 6.10 Å². The molecule has 5 heteroatoms. The van der Waals surface area contributed by atoms with Gasteiger partial charge >= 0.3 is 0 Å². The lowest BCUT2D eigenvalue weighted by Crippen LogP contribution is -2.55. The zero-order valence-electron chi connectivity index (χ0n) is 19.2. The SMILES string of the molecule is COc1ccc2nccc([C@H](O)[C@H]3C[C@@H]4CCN3C[C@@H]4C#Cc3cnc4ccccc4c3)c2c1. The molecule has 1 unspecified atom stereocenters. The van der Waals surface area contributed by atoms with Gasteiger partial charge in [-0.3, -0.25) is 14.9 Å². The quantitative estimate of drug-likeness (QED) is 0.464. The summed E-state index contributed by atoms with van der Waals surface area (Å²) in [7, 11) is 1.66. The highest BCUT2D eigenvalue weighted by Crippen LogP contribution is 2.41. The maximum absolute atomic E-state index is 11.5. The van der Waals surface area contributed by atoms with Crippen molar-refractivity contribution >= 4 is 21.8 Å². The predicted octanol–water partition coefficient (Wildman–Crippen LogP) is 4.59. The molecule has 5 heterocycles. The average Bonchev–Trinajstić information content (AvgIpc) is 2.91. The third-order valence-corrected chi connectivity index (χ3v) is 7.46. The van der Waals surface area contributed by atoms with Crippen LogP contribution in [0.1, 0.15) is 30.1 Å². The summed E-state index contributed by atoms with van der Waals surface area (Å²) in [5.41, 5.74) is 3.75. The summed E-state index contributed by atoms with van der Waals surface area (Å²) >= 11 is 0. The Bertz CT molecular complexity index is 1420. The Kier molecular flexibility index (Phi) is 5.41. The molecule has 7 rings (SSSR count). The normalized spacial score (nSPS) is 24.5. The van der Waals surface area contributed by atoms with Crippen LogP contribution in [0.5, 0.6) is 5.75 Å². The zero-order chi connectivity index (χ0) is 23.1. The van der Waals surface area contributed by atoms with Crippen molar-refractivity contribution < 1.29 is 9.84 Å². The van der Waals surface area contributed by atoms with Crippen molar-refractivity contribution in [1.82, 2.24) is 14.9 Å². The van der Waals surface area contributed by atoms with Crippen molar-refractivity contribution in [2.24, 2.45) is 11.8 Å². The van der Waals surface area contributed by atoms with Crippen molar-refractivity contribution in [3.8, 4) is 17.6 Å². The summed E-state index contributed by atoms with van der Waals surface area (Å²) in [6.07, 6.45) is 5.16. The molecule has 2 aromatic carbocycles. The van der Waals surface area contributed by atoms with Crippen LogP contribution in [0.3, 0.4) is 0 Å². The Morgan fingerprint density at radius 1 is 1.09 bits per heavy atom. The Morgan fingerprint density at radius 3 is 2.85 bits per heavy atom. The number of aliphatic hydroxyl groups excluding tert-OH is 1. The Hall–Kier alpha value is -3.46. The van der Waals surface area contributed by atoms with E-state index in [4.69, 9.17) is 4.74 Å². The lowest BCUT2D eigenvalue weighted by Gasteiger charge is -2.50. The summed E-state index contributed by atoms with van der Waals surface area (Å²) < 4.78 is 5.41. The highest BCUT2D eigenvalue weighted by molar-refractivity contribution is 5.84. The van der Waals surface area contributed by atoms with Crippen LogP contribution >= 0.6 is 0 Å². The van der Waals surface area contributed by atoms with E-state index in [1.54, 1.807) is 13.3 Å². The molecule has 0 aliphatic carbocycles.